The Labute approximate surface area is 100.0 Å². The minimum Gasteiger partial charge on any atom is -0.314 e. The predicted molar refractivity (Wildman–Crippen MR) is 68.8 cm³/mol. The van der Waals surface area contributed by atoms with Crippen molar-refractivity contribution in [3.05, 3.63) is 0 Å². The van der Waals surface area contributed by atoms with Crippen LogP contribution in [0.5, 0.6) is 0 Å². The molecule has 0 aromatic heterocycles. The van der Waals surface area contributed by atoms with E-state index in [1.54, 1.807) is 0 Å². The smallest absolute Gasteiger partial charge is 0.0192 e. The zero-order chi connectivity index (χ0) is 11.1. The van der Waals surface area contributed by atoms with Crippen LogP contribution in [0.1, 0.15) is 38.5 Å². The number of rotatable bonds is 5. The van der Waals surface area contributed by atoms with Gasteiger partial charge >= 0.3 is 0 Å². The van der Waals surface area contributed by atoms with E-state index in [4.69, 9.17) is 0 Å². The molecular weight excluding hydrogens is 198 g/mol. The fourth-order valence-electron chi connectivity index (χ4n) is 2.79. The summed E-state index contributed by atoms with van der Waals surface area (Å²) < 4.78 is 0. The number of nitrogens with zero attached hydrogens (tertiary/aromatic N) is 1. The minimum absolute atomic E-state index is 0.732. The van der Waals surface area contributed by atoms with Crippen LogP contribution >= 0.6 is 0 Å². The van der Waals surface area contributed by atoms with E-state index < -0.39 is 0 Å². The van der Waals surface area contributed by atoms with E-state index in [1.807, 2.05) is 0 Å². The summed E-state index contributed by atoms with van der Waals surface area (Å²) in [5.74, 6) is 0. The molecule has 0 saturated carbocycles. The molecule has 2 N–H and O–H groups in total. The summed E-state index contributed by atoms with van der Waals surface area (Å²) in [5, 5.41) is 7.18. The normalized spacial score (nSPS) is 28.1. The monoisotopic (exact) mass is 225 g/mol. The Morgan fingerprint density at radius 1 is 1.06 bits per heavy atom. The molecule has 3 nitrogen and oxygen atoms in total. The van der Waals surface area contributed by atoms with Crippen molar-refractivity contribution in [3.8, 4) is 0 Å². The van der Waals surface area contributed by atoms with Crippen LogP contribution in [0.15, 0.2) is 0 Å². The Morgan fingerprint density at radius 3 is 2.69 bits per heavy atom. The molecule has 2 rings (SSSR count). The van der Waals surface area contributed by atoms with Gasteiger partial charge in [-0.15, -0.1) is 0 Å². The van der Waals surface area contributed by atoms with E-state index in [0.29, 0.717) is 0 Å². The molecule has 0 aromatic carbocycles. The highest BCUT2D eigenvalue weighted by atomic mass is 15.1. The van der Waals surface area contributed by atoms with Crippen LogP contribution in [-0.2, 0) is 0 Å². The van der Waals surface area contributed by atoms with Gasteiger partial charge in [-0.1, -0.05) is 12.8 Å². The Hall–Kier alpha value is -0.120. The highest BCUT2D eigenvalue weighted by Gasteiger charge is 2.12. The van der Waals surface area contributed by atoms with E-state index in [9.17, 15) is 0 Å². The van der Waals surface area contributed by atoms with Crippen molar-refractivity contribution < 1.29 is 0 Å². The molecule has 1 atom stereocenters. The lowest BCUT2D eigenvalue weighted by Gasteiger charge is -2.27. The number of hydrogen-bond acceptors (Lipinski definition) is 3. The average molecular weight is 225 g/mol. The summed E-state index contributed by atoms with van der Waals surface area (Å²) in [5.41, 5.74) is 0. The lowest BCUT2D eigenvalue weighted by molar-refractivity contribution is 0.227. The molecule has 0 aromatic rings. The average Bonchev–Trinajstić information content (AvgIpc) is 2.37. The quantitative estimate of drug-likeness (QED) is 0.689. The number of hydrogen-bond donors (Lipinski definition) is 2. The van der Waals surface area contributed by atoms with Gasteiger partial charge in [-0.3, -0.25) is 0 Å². The van der Waals surface area contributed by atoms with Crippen molar-refractivity contribution in [2.75, 3.05) is 39.3 Å². The predicted octanol–water partition coefficient (Wildman–Crippen LogP) is 1.20. The van der Waals surface area contributed by atoms with Gasteiger partial charge in [0.25, 0.3) is 0 Å². The molecule has 0 radical (unpaired) electrons. The largest absolute Gasteiger partial charge is 0.314 e. The zero-order valence-corrected chi connectivity index (χ0v) is 10.5. The van der Waals surface area contributed by atoms with Crippen LogP contribution in [0.3, 0.4) is 0 Å². The third-order valence-corrected chi connectivity index (χ3v) is 3.86. The molecule has 2 aliphatic rings. The Kier molecular flexibility index (Phi) is 5.59. The molecule has 94 valence electrons. The third-order valence-electron chi connectivity index (χ3n) is 3.86. The van der Waals surface area contributed by atoms with E-state index in [1.165, 1.54) is 64.7 Å². The molecular formula is C13H27N3. The van der Waals surface area contributed by atoms with Crippen molar-refractivity contribution in [1.82, 2.24) is 15.5 Å². The molecule has 3 heteroatoms. The molecule has 0 bridgehead atoms. The van der Waals surface area contributed by atoms with E-state index >= 15 is 0 Å². The summed E-state index contributed by atoms with van der Waals surface area (Å²) in [7, 11) is 0. The van der Waals surface area contributed by atoms with E-state index in [2.05, 4.69) is 15.5 Å². The topological polar surface area (TPSA) is 27.3 Å². The van der Waals surface area contributed by atoms with Gasteiger partial charge in [0.15, 0.2) is 0 Å². The summed E-state index contributed by atoms with van der Waals surface area (Å²) in [4.78, 5) is 2.60. The fraction of sp³-hybridized carbons (Fsp3) is 1.00. The fourth-order valence-corrected chi connectivity index (χ4v) is 2.79. The third kappa shape index (κ3) is 4.40. The van der Waals surface area contributed by atoms with Crippen molar-refractivity contribution in [3.63, 3.8) is 0 Å². The summed E-state index contributed by atoms with van der Waals surface area (Å²) in [6, 6.07) is 0.732. The van der Waals surface area contributed by atoms with Gasteiger partial charge in [-0.05, 0) is 45.3 Å². The molecule has 1 unspecified atom stereocenters. The van der Waals surface area contributed by atoms with Crippen LogP contribution in [0.25, 0.3) is 0 Å². The molecule has 2 saturated heterocycles. The Balaban J connectivity index is 1.47. The lowest BCUT2D eigenvalue weighted by Crippen LogP contribution is -2.44. The molecule has 16 heavy (non-hydrogen) atoms. The van der Waals surface area contributed by atoms with Gasteiger partial charge in [0.05, 0.1) is 0 Å². The van der Waals surface area contributed by atoms with Crippen LogP contribution < -0.4 is 10.6 Å². The standard InChI is InChI=1S/C13H27N3/c1-4-9-16(10-5-1)11-8-14-12-13-6-2-3-7-15-13/h13-15H,1-12H2. The molecule has 0 aliphatic carbocycles. The first kappa shape index (κ1) is 12.3. The first-order chi connectivity index (χ1) is 7.95. The first-order valence-electron chi connectivity index (χ1n) is 7.11. The van der Waals surface area contributed by atoms with E-state index in [-0.39, 0.29) is 0 Å². The van der Waals surface area contributed by atoms with Crippen LogP contribution in [0.2, 0.25) is 0 Å². The van der Waals surface area contributed by atoms with Gasteiger partial charge in [0.2, 0.25) is 0 Å². The highest BCUT2D eigenvalue weighted by Crippen LogP contribution is 2.07. The SMILES string of the molecule is C1CCN(CCNCC2CCCCN2)CC1. The van der Waals surface area contributed by atoms with Gasteiger partial charge in [-0.25, -0.2) is 0 Å². The summed E-state index contributed by atoms with van der Waals surface area (Å²) in [6.45, 7) is 7.43. The number of nitrogens with one attached hydrogen (secondary N) is 2. The van der Waals surface area contributed by atoms with E-state index in [0.717, 1.165) is 19.1 Å². The molecule has 2 heterocycles. The van der Waals surface area contributed by atoms with Crippen LogP contribution in [0, 0.1) is 0 Å². The maximum atomic E-state index is 3.60. The van der Waals surface area contributed by atoms with Crippen LogP contribution in [0.4, 0.5) is 0 Å². The first-order valence-corrected chi connectivity index (χ1v) is 7.11. The van der Waals surface area contributed by atoms with Gasteiger partial charge in [-0.2, -0.15) is 0 Å². The molecule has 2 aliphatic heterocycles. The number of piperidine rings is 2. The molecule has 2 fully saturated rings. The molecule has 0 amide bonds. The molecule has 0 spiro atoms. The Morgan fingerprint density at radius 2 is 1.94 bits per heavy atom. The second-order valence-corrected chi connectivity index (χ2v) is 5.25. The highest BCUT2D eigenvalue weighted by molar-refractivity contribution is 4.74. The van der Waals surface area contributed by atoms with Crippen molar-refractivity contribution in [2.24, 2.45) is 0 Å². The van der Waals surface area contributed by atoms with Crippen molar-refractivity contribution in [1.29, 1.82) is 0 Å². The number of likely N-dealkylation sites (tertiary alicyclic amines) is 1. The second-order valence-electron chi connectivity index (χ2n) is 5.25. The Bertz CT molecular complexity index is 152. The summed E-state index contributed by atoms with van der Waals surface area (Å²) >= 11 is 0. The van der Waals surface area contributed by atoms with Gasteiger partial charge < -0.3 is 15.5 Å². The maximum absolute atomic E-state index is 3.60. The zero-order valence-electron chi connectivity index (χ0n) is 10.5. The van der Waals surface area contributed by atoms with Gasteiger partial charge in [0, 0.05) is 25.7 Å². The second kappa shape index (κ2) is 7.25. The minimum atomic E-state index is 0.732. The van der Waals surface area contributed by atoms with Crippen LogP contribution in [-0.4, -0.2) is 50.2 Å². The summed E-state index contributed by atoms with van der Waals surface area (Å²) in [6.07, 6.45) is 8.39. The van der Waals surface area contributed by atoms with Gasteiger partial charge in [0.1, 0.15) is 0 Å². The lowest BCUT2D eigenvalue weighted by atomic mass is 10.1. The van der Waals surface area contributed by atoms with Crippen molar-refractivity contribution in [2.45, 2.75) is 44.6 Å². The van der Waals surface area contributed by atoms with Crippen molar-refractivity contribution >= 4 is 0 Å². The maximum Gasteiger partial charge on any atom is 0.0192 e.